The number of imidazole rings is 1. The molecule has 1 N–H and O–H groups in total. The van der Waals surface area contributed by atoms with E-state index in [2.05, 4.69) is 21.5 Å². The molecule has 0 aliphatic heterocycles. The van der Waals surface area contributed by atoms with Gasteiger partial charge in [-0.05, 0) is 68.3 Å². The van der Waals surface area contributed by atoms with Crippen molar-refractivity contribution in [1.82, 2.24) is 29.2 Å². The summed E-state index contributed by atoms with van der Waals surface area (Å²) in [5.74, 6) is 0.953. The summed E-state index contributed by atoms with van der Waals surface area (Å²) in [4.78, 5) is 32.7. The van der Waals surface area contributed by atoms with Crippen LogP contribution >= 0.6 is 0 Å². The van der Waals surface area contributed by atoms with Crippen LogP contribution in [0.2, 0.25) is 0 Å². The zero-order chi connectivity index (χ0) is 33.0. The highest BCUT2D eigenvalue weighted by molar-refractivity contribution is 5.84. The number of alkyl halides is 3. The van der Waals surface area contributed by atoms with E-state index in [1.54, 1.807) is 43.5 Å². The molecular formula is C32H30F3N8O3+. The monoisotopic (exact) mass is 631 g/mol. The van der Waals surface area contributed by atoms with Gasteiger partial charge in [-0.2, -0.15) is 23.5 Å². The molecule has 0 unspecified atom stereocenters. The lowest BCUT2D eigenvalue weighted by atomic mass is 10.2. The number of hydrogen-bond acceptors (Lipinski definition) is 6. The molecule has 5 aromatic rings. The third kappa shape index (κ3) is 5.61. The second-order valence-electron chi connectivity index (χ2n) is 12.3. The number of quaternary nitrogens is 1. The van der Waals surface area contributed by atoms with E-state index in [0.717, 1.165) is 21.3 Å². The summed E-state index contributed by atoms with van der Waals surface area (Å²) >= 11 is 0. The van der Waals surface area contributed by atoms with Crippen molar-refractivity contribution in [2.24, 2.45) is 0 Å². The molecular weight excluding hydrogens is 601 g/mol. The quantitative estimate of drug-likeness (QED) is 0.249. The molecule has 236 valence electrons. The maximum atomic E-state index is 14.1. The van der Waals surface area contributed by atoms with Crippen LogP contribution in [0.5, 0.6) is 0 Å². The number of nitrogens with zero attached hydrogens (tertiary/aromatic N) is 7. The van der Waals surface area contributed by atoms with Gasteiger partial charge in [-0.15, -0.1) is 0 Å². The van der Waals surface area contributed by atoms with Gasteiger partial charge in [0.05, 0.1) is 73.5 Å². The summed E-state index contributed by atoms with van der Waals surface area (Å²) in [6.07, 6.45) is -0.518. The summed E-state index contributed by atoms with van der Waals surface area (Å²) in [6.45, 7) is 2.12. The number of halogens is 3. The van der Waals surface area contributed by atoms with E-state index < -0.39 is 29.0 Å². The van der Waals surface area contributed by atoms with Crippen molar-refractivity contribution in [2.75, 3.05) is 21.1 Å². The largest absolute Gasteiger partial charge is 0.437 e. The third-order valence-corrected chi connectivity index (χ3v) is 7.73. The zero-order valence-electron chi connectivity index (χ0n) is 25.5. The van der Waals surface area contributed by atoms with Crippen molar-refractivity contribution in [2.45, 2.75) is 38.0 Å². The van der Waals surface area contributed by atoms with Crippen LogP contribution in [0, 0.1) is 18.3 Å². The first kappa shape index (κ1) is 30.6. The minimum Gasteiger partial charge on any atom is -0.437 e. The fourth-order valence-corrected chi connectivity index (χ4v) is 5.43. The van der Waals surface area contributed by atoms with Crippen LogP contribution in [0.3, 0.4) is 0 Å². The van der Waals surface area contributed by atoms with Crippen molar-refractivity contribution in [3.05, 3.63) is 106 Å². The Hall–Kier alpha value is -5.42. The van der Waals surface area contributed by atoms with Crippen LogP contribution in [-0.4, -0.2) is 55.6 Å². The number of oxazole rings is 1. The number of carbonyl (C=O) groups is 1. The number of benzene rings is 2. The second-order valence-corrected chi connectivity index (χ2v) is 12.3. The fraction of sp³-hybridized carbons (Fsp3) is 0.281. The molecule has 1 fully saturated rings. The van der Waals surface area contributed by atoms with Crippen molar-refractivity contribution in [3.63, 3.8) is 0 Å². The highest BCUT2D eigenvalue weighted by Crippen LogP contribution is 2.45. The molecule has 3 aromatic heterocycles. The average Bonchev–Trinajstić information content (AvgIpc) is 3.29. The van der Waals surface area contributed by atoms with Crippen LogP contribution in [-0.2, 0) is 18.3 Å². The number of nitriles is 1. The molecule has 1 aliphatic carbocycles. The van der Waals surface area contributed by atoms with Crippen LogP contribution in [0.4, 0.5) is 18.0 Å². The molecule has 0 saturated heterocycles. The molecule has 6 rings (SSSR count). The predicted molar refractivity (Wildman–Crippen MR) is 160 cm³/mol. The lowest BCUT2D eigenvalue weighted by Crippen LogP contribution is -2.42. The van der Waals surface area contributed by atoms with Gasteiger partial charge >= 0.3 is 17.9 Å². The molecule has 1 amide bonds. The Balaban J connectivity index is 1.48. The number of aromatic nitrogens is 5. The van der Waals surface area contributed by atoms with Crippen LogP contribution in [0.25, 0.3) is 22.8 Å². The standard InChI is InChI=1S/C32H29F3N8O3/c1-20-27(26-12-15-38-42(26)23-10-8-21(17-36)9-11-23)41(30(45)40(20)24-7-5-6-22(16-24)32(33,34)35)29(44)39-31(13-14-31)28-37-18-25(46-28)19-43(2,3)4/h5-12,15-16,18H,13-14,19H2,1-4H3/p+1. The van der Waals surface area contributed by atoms with E-state index >= 15 is 0 Å². The SMILES string of the molecule is Cc1c(-c2ccnn2-c2ccc(C#N)cc2)n(C(=O)NC2(c3ncc(C[N+](C)(C)C)o3)CC2)c(=O)n1-c1cccc(C(F)(F)F)c1. The Morgan fingerprint density at radius 3 is 2.46 bits per heavy atom. The van der Waals surface area contributed by atoms with Gasteiger partial charge in [-0.3, -0.25) is 4.57 Å². The normalized spacial score (nSPS) is 14.2. The number of hydrogen-bond donors (Lipinski definition) is 1. The molecule has 1 saturated carbocycles. The summed E-state index contributed by atoms with van der Waals surface area (Å²) < 4.78 is 51.1. The first-order valence-electron chi connectivity index (χ1n) is 14.4. The molecule has 0 atom stereocenters. The maximum absolute atomic E-state index is 14.1. The van der Waals surface area contributed by atoms with Gasteiger partial charge < -0.3 is 14.2 Å². The molecule has 0 radical (unpaired) electrons. The summed E-state index contributed by atoms with van der Waals surface area (Å²) in [6, 6.07) is 13.7. The van der Waals surface area contributed by atoms with E-state index in [0.29, 0.717) is 52.5 Å². The lowest BCUT2D eigenvalue weighted by molar-refractivity contribution is -0.884. The summed E-state index contributed by atoms with van der Waals surface area (Å²) in [7, 11) is 6.01. The maximum Gasteiger partial charge on any atom is 0.416 e. The lowest BCUT2D eigenvalue weighted by Gasteiger charge is -2.22. The minimum atomic E-state index is -4.65. The van der Waals surface area contributed by atoms with Crippen molar-refractivity contribution in [3.8, 4) is 28.8 Å². The van der Waals surface area contributed by atoms with Gasteiger partial charge in [-0.25, -0.2) is 23.8 Å². The molecule has 1 aliphatic rings. The van der Waals surface area contributed by atoms with Gasteiger partial charge in [0.25, 0.3) is 0 Å². The number of rotatable bonds is 7. The fourth-order valence-electron chi connectivity index (χ4n) is 5.43. The first-order valence-corrected chi connectivity index (χ1v) is 14.4. The van der Waals surface area contributed by atoms with Crippen molar-refractivity contribution in [1.29, 1.82) is 5.26 Å². The minimum absolute atomic E-state index is 0.0617. The van der Waals surface area contributed by atoms with Gasteiger partial charge in [0.1, 0.15) is 17.8 Å². The predicted octanol–water partition coefficient (Wildman–Crippen LogP) is 5.13. The van der Waals surface area contributed by atoms with Gasteiger partial charge in [0, 0.05) is 0 Å². The van der Waals surface area contributed by atoms with Crippen LogP contribution < -0.4 is 11.0 Å². The third-order valence-electron chi connectivity index (χ3n) is 7.73. The Morgan fingerprint density at radius 1 is 1.11 bits per heavy atom. The van der Waals surface area contributed by atoms with E-state index in [4.69, 9.17) is 4.42 Å². The Bertz CT molecular complexity index is 2050. The average molecular weight is 632 g/mol. The summed E-state index contributed by atoms with van der Waals surface area (Å²) in [5.41, 5.74) is -1.21. The van der Waals surface area contributed by atoms with E-state index in [-0.39, 0.29) is 17.1 Å². The van der Waals surface area contributed by atoms with Crippen molar-refractivity contribution >= 4 is 6.03 Å². The Kier molecular flexibility index (Phi) is 7.24. The highest BCUT2D eigenvalue weighted by Gasteiger charge is 2.51. The van der Waals surface area contributed by atoms with Crippen LogP contribution in [0.15, 0.2) is 76.2 Å². The van der Waals surface area contributed by atoms with E-state index in [1.807, 2.05) is 21.1 Å². The van der Waals surface area contributed by atoms with Gasteiger partial charge in [0.2, 0.25) is 5.89 Å². The molecule has 0 spiro atoms. The molecule has 3 heterocycles. The van der Waals surface area contributed by atoms with Gasteiger partial charge in [0.15, 0.2) is 5.76 Å². The zero-order valence-corrected chi connectivity index (χ0v) is 25.5. The topological polar surface area (TPSA) is 124 Å². The molecule has 11 nitrogen and oxygen atoms in total. The summed E-state index contributed by atoms with van der Waals surface area (Å²) in [5, 5.41) is 16.5. The van der Waals surface area contributed by atoms with Gasteiger partial charge in [-0.1, -0.05) is 6.07 Å². The van der Waals surface area contributed by atoms with E-state index in [9.17, 15) is 28.0 Å². The Morgan fingerprint density at radius 2 is 1.83 bits per heavy atom. The molecule has 14 heteroatoms. The van der Waals surface area contributed by atoms with Crippen molar-refractivity contribution < 1.29 is 26.9 Å². The molecule has 46 heavy (non-hydrogen) atoms. The smallest absolute Gasteiger partial charge is 0.416 e. The molecule has 0 bridgehead atoms. The van der Waals surface area contributed by atoms with E-state index in [1.165, 1.54) is 23.0 Å². The number of amides is 1. The van der Waals surface area contributed by atoms with Crippen LogP contribution in [0.1, 0.15) is 41.3 Å². The number of nitrogens with one attached hydrogen (secondary N) is 1. The number of carbonyl (C=O) groups excluding carboxylic acids is 1. The first-order chi connectivity index (χ1) is 21.7. The highest BCUT2D eigenvalue weighted by atomic mass is 19.4. The Labute approximate surface area is 261 Å². The molecule has 2 aromatic carbocycles. The second kappa shape index (κ2) is 10.9.